The van der Waals surface area contributed by atoms with E-state index < -0.39 is 0 Å². The highest BCUT2D eigenvalue weighted by Gasteiger charge is 2.20. The Hall–Kier alpha value is -2.41. The average Bonchev–Trinajstić information content (AvgIpc) is 2.62. The third-order valence-corrected chi connectivity index (χ3v) is 3.97. The molecule has 0 aromatic heterocycles. The monoisotopic (exact) mass is 333 g/mol. The number of methoxy groups -OCH3 is 1. The molecular formula is C17H23N3O4. The quantitative estimate of drug-likeness (QED) is 0.673. The van der Waals surface area contributed by atoms with E-state index >= 15 is 0 Å². The molecule has 0 saturated carbocycles. The smallest absolute Gasteiger partial charge is 0.307 e. The number of hydrogen-bond acceptors (Lipinski definition) is 5. The van der Waals surface area contributed by atoms with Crippen LogP contribution in [0.3, 0.4) is 0 Å². The fourth-order valence-electron chi connectivity index (χ4n) is 2.52. The molecule has 1 saturated heterocycles. The van der Waals surface area contributed by atoms with E-state index in [2.05, 4.69) is 20.7 Å². The molecule has 1 fully saturated rings. The molecule has 130 valence electrons. The lowest BCUT2D eigenvalue weighted by molar-refractivity contribution is -0.140. The second kappa shape index (κ2) is 9.02. The van der Waals surface area contributed by atoms with Crippen molar-refractivity contribution in [3.05, 3.63) is 29.8 Å². The summed E-state index contributed by atoms with van der Waals surface area (Å²) < 4.78 is 4.51. The first-order valence-electron chi connectivity index (χ1n) is 8.07. The van der Waals surface area contributed by atoms with Crippen LogP contribution in [-0.2, 0) is 14.3 Å². The van der Waals surface area contributed by atoms with Crippen LogP contribution in [0.5, 0.6) is 0 Å². The zero-order chi connectivity index (χ0) is 17.4. The van der Waals surface area contributed by atoms with Gasteiger partial charge in [0.25, 0.3) is 5.91 Å². The number of nitrogens with one attached hydrogen (secondary N) is 3. The van der Waals surface area contributed by atoms with Crippen molar-refractivity contribution in [2.24, 2.45) is 5.92 Å². The summed E-state index contributed by atoms with van der Waals surface area (Å²) in [7, 11) is 1.31. The molecular weight excluding hydrogens is 310 g/mol. The number of carbonyl (C=O) groups is 3. The molecule has 3 N–H and O–H groups in total. The third-order valence-electron chi connectivity index (χ3n) is 3.97. The number of esters is 1. The molecule has 7 heteroatoms. The summed E-state index contributed by atoms with van der Waals surface area (Å²) in [5.74, 6) is -0.583. The van der Waals surface area contributed by atoms with Gasteiger partial charge in [0, 0.05) is 23.7 Å². The van der Waals surface area contributed by atoms with Gasteiger partial charge in [-0.05, 0) is 50.2 Å². The van der Waals surface area contributed by atoms with Gasteiger partial charge in [-0.25, -0.2) is 0 Å². The maximum absolute atomic E-state index is 12.2. The van der Waals surface area contributed by atoms with E-state index in [1.807, 2.05) is 0 Å². The molecule has 0 atom stereocenters. The summed E-state index contributed by atoms with van der Waals surface area (Å²) in [5.41, 5.74) is 1.14. The van der Waals surface area contributed by atoms with Crippen molar-refractivity contribution in [2.45, 2.75) is 19.3 Å². The lowest BCUT2D eigenvalue weighted by Crippen LogP contribution is -2.34. The number of benzene rings is 1. The molecule has 7 nitrogen and oxygen atoms in total. The second-order valence-electron chi connectivity index (χ2n) is 5.67. The van der Waals surface area contributed by atoms with Crippen molar-refractivity contribution in [3.8, 4) is 0 Å². The maximum Gasteiger partial charge on any atom is 0.307 e. The number of carbonyl (C=O) groups excluding carboxylic acids is 3. The molecule has 0 spiro atoms. The van der Waals surface area contributed by atoms with Gasteiger partial charge < -0.3 is 20.7 Å². The standard InChI is InChI=1S/C17H23N3O4/c1-24-15(21)8-11-19-16(22)12-2-4-14(5-3-12)20-17(23)13-6-9-18-10-7-13/h2-5,13,18H,6-11H2,1H3,(H,19,22)(H,20,23). The molecule has 1 aromatic carbocycles. The van der Waals surface area contributed by atoms with Crippen molar-refractivity contribution in [1.82, 2.24) is 10.6 Å². The van der Waals surface area contributed by atoms with E-state index in [0.717, 1.165) is 25.9 Å². The Bertz CT molecular complexity index is 580. The van der Waals surface area contributed by atoms with Gasteiger partial charge in [-0.1, -0.05) is 0 Å². The van der Waals surface area contributed by atoms with Crippen molar-refractivity contribution >= 4 is 23.5 Å². The lowest BCUT2D eigenvalue weighted by atomic mass is 9.97. The Morgan fingerprint density at radius 2 is 1.83 bits per heavy atom. The number of piperidine rings is 1. The van der Waals surface area contributed by atoms with Crippen LogP contribution in [-0.4, -0.2) is 44.5 Å². The zero-order valence-electron chi connectivity index (χ0n) is 13.8. The second-order valence-corrected chi connectivity index (χ2v) is 5.67. The minimum atomic E-state index is -0.369. The molecule has 0 bridgehead atoms. The summed E-state index contributed by atoms with van der Waals surface area (Å²) in [5, 5.41) is 8.75. The fraction of sp³-hybridized carbons (Fsp3) is 0.471. The van der Waals surface area contributed by atoms with E-state index in [1.165, 1.54) is 7.11 Å². The largest absolute Gasteiger partial charge is 0.469 e. The fourth-order valence-corrected chi connectivity index (χ4v) is 2.52. The van der Waals surface area contributed by atoms with Crippen LogP contribution in [0.25, 0.3) is 0 Å². The molecule has 0 radical (unpaired) electrons. The Balaban J connectivity index is 1.82. The maximum atomic E-state index is 12.2. The summed E-state index contributed by atoms with van der Waals surface area (Å²) >= 11 is 0. The normalized spacial score (nSPS) is 14.7. The zero-order valence-corrected chi connectivity index (χ0v) is 13.8. The van der Waals surface area contributed by atoms with Crippen LogP contribution in [0.15, 0.2) is 24.3 Å². The van der Waals surface area contributed by atoms with Gasteiger partial charge in [0.1, 0.15) is 0 Å². The van der Waals surface area contributed by atoms with Gasteiger partial charge in [-0.2, -0.15) is 0 Å². The van der Waals surface area contributed by atoms with Crippen LogP contribution in [0.1, 0.15) is 29.6 Å². The van der Waals surface area contributed by atoms with E-state index in [0.29, 0.717) is 11.3 Å². The van der Waals surface area contributed by atoms with Gasteiger partial charge in [0.05, 0.1) is 13.5 Å². The van der Waals surface area contributed by atoms with E-state index in [4.69, 9.17) is 0 Å². The molecule has 1 aliphatic rings. The Morgan fingerprint density at radius 3 is 2.46 bits per heavy atom. The van der Waals surface area contributed by atoms with Gasteiger partial charge in [-0.15, -0.1) is 0 Å². The molecule has 1 aromatic rings. The van der Waals surface area contributed by atoms with Gasteiger partial charge in [-0.3, -0.25) is 14.4 Å². The van der Waals surface area contributed by atoms with Crippen LogP contribution in [0.2, 0.25) is 0 Å². The Labute approximate surface area is 141 Å². The first-order valence-corrected chi connectivity index (χ1v) is 8.07. The summed E-state index contributed by atoms with van der Waals surface area (Å²) in [4.78, 5) is 35.1. The van der Waals surface area contributed by atoms with Crippen molar-refractivity contribution < 1.29 is 19.1 Å². The minimum absolute atomic E-state index is 0.0202. The van der Waals surface area contributed by atoms with E-state index in [-0.39, 0.29) is 36.7 Å². The predicted molar refractivity (Wildman–Crippen MR) is 89.6 cm³/mol. The predicted octanol–water partition coefficient (Wildman–Crippen LogP) is 0.918. The highest BCUT2D eigenvalue weighted by atomic mass is 16.5. The number of hydrogen-bond donors (Lipinski definition) is 3. The van der Waals surface area contributed by atoms with Crippen LogP contribution < -0.4 is 16.0 Å². The first kappa shape index (κ1) is 17.9. The SMILES string of the molecule is COC(=O)CCNC(=O)c1ccc(NC(=O)C2CCNCC2)cc1. The van der Waals surface area contributed by atoms with Crippen LogP contribution in [0, 0.1) is 5.92 Å². The molecule has 1 aliphatic heterocycles. The van der Waals surface area contributed by atoms with Crippen LogP contribution >= 0.6 is 0 Å². The van der Waals surface area contributed by atoms with Gasteiger partial charge in [0.2, 0.25) is 5.91 Å². The Morgan fingerprint density at radius 1 is 1.17 bits per heavy atom. The average molecular weight is 333 g/mol. The summed E-state index contributed by atoms with van der Waals surface area (Å²) in [6.07, 6.45) is 1.81. The van der Waals surface area contributed by atoms with Crippen molar-refractivity contribution in [2.75, 3.05) is 32.1 Å². The van der Waals surface area contributed by atoms with Gasteiger partial charge >= 0.3 is 5.97 Å². The van der Waals surface area contributed by atoms with Gasteiger partial charge in [0.15, 0.2) is 0 Å². The van der Waals surface area contributed by atoms with Crippen LogP contribution in [0.4, 0.5) is 5.69 Å². The molecule has 0 unspecified atom stereocenters. The Kier molecular flexibility index (Phi) is 6.74. The first-order chi connectivity index (χ1) is 11.6. The number of amides is 2. The minimum Gasteiger partial charge on any atom is -0.469 e. The summed E-state index contributed by atoms with van der Waals surface area (Å²) in [6, 6.07) is 6.69. The topological polar surface area (TPSA) is 96.5 Å². The summed E-state index contributed by atoms with van der Waals surface area (Å²) in [6.45, 7) is 1.95. The highest BCUT2D eigenvalue weighted by molar-refractivity contribution is 5.96. The highest BCUT2D eigenvalue weighted by Crippen LogP contribution is 2.16. The number of rotatable bonds is 6. The lowest BCUT2D eigenvalue weighted by Gasteiger charge is -2.21. The molecule has 24 heavy (non-hydrogen) atoms. The van der Waals surface area contributed by atoms with E-state index in [9.17, 15) is 14.4 Å². The molecule has 2 rings (SSSR count). The number of ether oxygens (including phenoxy) is 1. The van der Waals surface area contributed by atoms with Crippen molar-refractivity contribution in [3.63, 3.8) is 0 Å². The molecule has 1 heterocycles. The third kappa shape index (κ3) is 5.34. The molecule has 0 aliphatic carbocycles. The van der Waals surface area contributed by atoms with E-state index in [1.54, 1.807) is 24.3 Å². The van der Waals surface area contributed by atoms with Crippen molar-refractivity contribution in [1.29, 1.82) is 0 Å². The molecule has 2 amide bonds. The number of anilines is 1.